The summed E-state index contributed by atoms with van der Waals surface area (Å²) in [7, 11) is 0. The Morgan fingerprint density at radius 3 is 3.00 bits per heavy atom. The zero-order valence-electron chi connectivity index (χ0n) is 7.73. The van der Waals surface area contributed by atoms with Gasteiger partial charge in [-0.2, -0.15) is 0 Å². The summed E-state index contributed by atoms with van der Waals surface area (Å²) in [4.78, 5) is 4.41. The van der Waals surface area contributed by atoms with Gasteiger partial charge in [-0.05, 0) is 30.5 Å². The number of aromatic nitrogens is 1. The van der Waals surface area contributed by atoms with Crippen LogP contribution < -0.4 is 0 Å². The van der Waals surface area contributed by atoms with E-state index in [2.05, 4.69) is 4.98 Å². The Kier molecular flexibility index (Phi) is 1.61. The molecule has 0 amide bonds. The maximum atomic E-state index is 8.97. The van der Waals surface area contributed by atoms with Crippen LogP contribution in [0.5, 0.6) is 0 Å². The maximum Gasteiger partial charge on any atom is 0.198 e. The summed E-state index contributed by atoms with van der Waals surface area (Å²) in [6.45, 7) is 0.0571. The van der Waals surface area contributed by atoms with Crippen LogP contribution in [-0.2, 0) is 6.61 Å². The van der Waals surface area contributed by atoms with Crippen molar-refractivity contribution in [3.8, 4) is 0 Å². The monoisotopic (exact) mass is 189 g/mol. The minimum atomic E-state index is 0.0571. The largest absolute Gasteiger partial charge is 0.440 e. The standard InChI is InChI=1S/C11H11NO2/c13-6-7-1-4-10-9(5-7)12-11(14-10)8-2-3-8/h1,4-5,8,13H,2-3,6H2. The predicted molar refractivity (Wildman–Crippen MR) is 51.9 cm³/mol. The van der Waals surface area contributed by atoms with Crippen molar-refractivity contribution in [2.75, 3.05) is 0 Å². The second-order valence-electron chi connectivity index (χ2n) is 3.79. The van der Waals surface area contributed by atoms with Crippen molar-refractivity contribution in [3.05, 3.63) is 29.7 Å². The summed E-state index contributed by atoms with van der Waals surface area (Å²) in [5.74, 6) is 1.40. The van der Waals surface area contributed by atoms with Gasteiger partial charge in [0.25, 0.3) is 0 Å². The summed E-state index contributed by atoms with van der Waals surface area (Å²) in [6.07, 6.45) is 2.39. The van der Waals surface area contributed by atoms with Crippen molar-refractivity contribution in [1.29, 1.82) is 0 Å². The predicted octanol–water partition coefficient (Wildman–Crippen LogP) is 2.20. The quantitative estimate of drug-likeness (QED) is 0.787. The first kappa shape index (κ1) is 8.00. The Labute approximate surface area is 81.4 Å². The molecule has 0 aliphatic heterocycles. The van der Waals surface area contributed by atoms with Gasteiger partial charge in [-0.15, -0.1) is 0 Å². The van der Waals surface area contributed by atoms with E-state index in [9.17, 15) is 0 Å². The number of benzene rings is 1. The van der Waals surface area contributed by atoms with Crippen LogP contribution in [-0.4, -0.2) is 10.1 Å². The van der Waals surface area contributed by atoms with Gasteiger partial charge in [-0.25, -0.2) is 4.98 Å². The summed E-state index contributed by atoms with van der Waals surface area (Å²) < 4.78 is 5.60. The van der Waals surface area contributed by atoms with Gasteiger partial charge in [0.15, 0.2) is 11.5 Å². The third kappa shape index (κ3) is 1.21. The molecule has 0 saturated heterocycles. The lowest BCUT2D eigenvalue weighted by atomic mass is 10.2. The molecule has 0 bridgehead atoms. The van der Waals surface area contributed by atoms with Crippen LogP contribution in [0.4, 0.5) is 0 Å². The molecule has 1 aliphatic carbocycles. The first-order valence-corrected chi connectivity index (χ1v) is 4.87. The molecule has 0 radical (unpaired) electrons. The second-order valence-corrected chi connectivity index (χ2v) is 3.79. The van der Waals surface area contributed by atoms with E-state index in [1.807, 2.05) is 18.2 Å². The van der Waals surface area contributed by atoms with Crippen LogP contribution >= 0.6 is 0 Å². The molecule has 1 aromatic heterocycles. The highest BCUT2D eigenvalue weighted by molar-refractivity contribution is 5.73. The number of hydrogen-bond donors (Lipinski definition) is 1. The lowest BCUT2D eigenvalue weighted by molar-refractivity contribution is 0.282. The maximum absolute atomic E-state index is 8.97. The first-order chi connectivity index (χ1) is 6.86. The summed E-state index contributed by atoms with van der Waals surface area (Å²) in [5, 5.41) is 8.97. The van der Waals surface area contributed by atoms with E-state index in [0.717, 1.165) is 22.6 Å². The van der Waals surface area contributed by atoms with E-state index >= 15 is 0 Å². The summed E-state index contributed by atoms with van der Waals surface area (Å²) in [5.41, 5.74) is 2.57. The van der Waals surface area contributed by atoms with E-state index < -0.39 is 0 Å². The van der Waals surface area contributed by atoms with Gasteiger partial charge < -0.3 is 9.52 Å². The van der Waals surface area contributed by atoms with Gasteiger partial charge in [-0.1, -0.05) is 6.07 Å². The molecule has 72 valence electrons. The molecule has 1 aliphatic rings. The zero-order valence-corrected chi connectivity index (χ0v) is 7.73. The average Bonchev–Trinajstić information content (AvgIpc) is 2.97. The number of rotatable bonds is 2. The van der Waals surface area contributed by atoms with Crippen LogP contribution in [0.1, 0.15) is 30.2 Å². The second kappa shape index (κ2) is 2.82. The van der Waals surface area contributed by atoms with Crippen molar-refractivity contribution in [2.24, 2.45) is 0 Å². The van der Waals surface area contributed by atoms with E-state index in [-0.39, 0.29) is 6.61 Å². The first-order valence-electron chi connectivity index (χ1n) is 4.87. The lowest BCUT2D eigenvalue weighted by Crippen LogP contribution is -1.81. The van der Waals surface area contributed by atoms with Crippen molar-refractivity contribution >= 4 is 11.1 Å². The molecule has 3 rings (SSSR count). The van der Waals surface area contributed by atoms with E-state index in [1.165, 1.54) is 12.8 Å². The van der Waals surface area contributed by atoms with Crippen molar-refractivity contribution in [3.63, 3.8) is 0 Å². The van der Waals surface area contributed by atoms with Gasteiger partial charge >= 0.3 is 0 Å². The number of fused-ring (bicyclic) bond motifs is 1. The number of aliphatic hydroxyl groups excluding tert-OH is 1. The van der Waals surface area contributed by atoms with Crippen molar-refractivity contribution in [2.45, 2.75) is 25.4 Å². The van der Waals surface area contributed by atoms with Gasteiger partial charge in [0.1, 0.15) is 5.52 Å². The van der Waals surface area contributed by atoms with Crippen LogP contribution in [0, 0.1) is 0 Å². The third-order valence-electron chi connectivity index (χ3n) is 2.58. The Morgan fingerprint density at radius 1 is 1.43 bits per heavy atom. The molecule has 2 aromatic rings. The molecule has 1 aromatic carbocycles. The smallest absolute Gasteiger partial charge is 0.198 e. The Bertz CT molecular complexity index is 471. The normalized spacial score (nSPS) is 16.4. The minimum Gasteiger partial charge on any atom is -0.440 e. The molecular formula is C11H11NO2. The highest BCUT2D eigenvalue weighted by Crippen LogP contribution is 2.40. The van der Waals surface area contributed by atoms with Crippen LogP contribution in [0.25, 0.3) is 11.1 Å². The number of nitrogens with zero attached hydrogens (tertiary/aromatic N) is 1. The molecule has 3 nitrogen and oxygen atoms in total. The molecule has 0 spiro atoms. The van der Waals surface area contributed by atoms with Crippen molar-refractivity contribution in [1.82, 2.24) is 4.98 Å². The molecule has 1 N–H and O–H groups in total. The third-order valence-corrected chi connectivity index (χ3v) is 2.58. The van der Waals surface area contributed by atoms with Gasteiger partial charge in [0.05, 0.1) is 6.61 Å². The Balaban J connectivity index is 2.12. The highest BCUT2D eigenvalue weighted by Gasteiger charge is 2.28. The molecule has 0 atom stereocenters. The van der Waals surface area contributed by atoms with Crippen LogP contribution in [0.3, 0.4) is 0 Å². The topological polar surface area (TPSA) is 46.3 Å². The average molecular weight is 189 g/mol. The lowest BCUT2D eigenvalue weighted by Gasteiger charge is -1.92. The van der Waals surface area contributed by atoms with Gasteiger partial charge in [-0.3, -0.25) is 0 Å². The summed E-state index contributed by atoms with van der Waals surface area (Å²) >= 11 is 0. The number of oxazole rings is 1. The number of aliphatic hydroxyl groups is 1. The van der Waals surface area contributed by atoms with Crippen molar-refractivity contribution < 1.29 is 9.52 Å². The molecule has 1 heterocycles. The minimum absolute atomic E-state index is 0.0571. The fraction of sp³-hybridized carbons (Fsp3) is 0.364. The number of hydrogen-bond acceptors (Lipinski definition) is 3. The molecule has 3 heteroatoms. The van der Waals surface area contributed by atoms with E-state index in [1.54, 1.807) is 0 Å². The van der Waals surface area contributed by atoms with Gasteiger partial charge in [0.2, 0.25) is 0 Å². The molecule has 0 unspecified atom stereocenters. The Morgan fingerprint density at radius 2 is 2.29 bits per heavy atom. The molecule has 1 fully saturated rings. The fourth-order valence-corrected chi connectivity index (χ4v) is 1.59. The fourth-order valence-electron chi connectivity index (χ4n) is 1.59. The molecule has 14 heavy (non-hydrogen) atoms. The summed E-state index contributed by atoms with van der Waals surface area (Å²) in [6, 6.07) is 5.62. The highest BCUT2D eigenvalue weighted by atomic mass is 16.3. The molecular weight excluding hydrogens is 178 g/mol. The van der Waals surface area contributed by atoms with Crippen LogP contribution in [0.15, 0.2) is 22.6 Å². The van der Waals surface area contributed by atoms with E-state index in [0.29, 0.717) is 5.92 Å². The van der Waals surface area contributed by atoms with E-state index in [4.69, 9.17) is 9.52 Å². The Hall–Kier alpha value is -1.35. The van der Waals surface area contributed by atoms with Crippen LogP contribution in [0.2, 0.25) is 0 Å². The zero-order chi connectivity index (χ0) is 9.54. The van der Waals surface area contributed by atoms with Gasteiger partial charge in [0, 0.05) is 5.92 Å². The SMILES string of the molecule is OCc1ccc2oc(C3CC3)nc2c1. The molecule has 1 saturated carbocycles.